The summed E-state index contributed by atoms with van der Waals surface area (Å²) in [6.45, 7) is 19.5. The van der Waals surface area contributed by atoms with E-state index < -0.39 is 17.6 Å². The van der Waals surface area contributed by atoms with Crippen LogP contribution in [0.4, 0.5) is 0 Å². The SMILES string of the molecule is [2H]C(C)(C)c1cc2c(c(C([2H])(C)C)c1)OC13c4c(cc(-c5ccccc5)cc4-c4cc(-c5ccccc5)cc[n+]41)-c1cccc4c1[n+]3c-2n4-c1ccc(C(C)(C)C(C)(C)C)cc1-c1ccccc1. The van der Waals surface area contributed by atoms with Gasteiger partial charge in [0.1, 0.15) is 16.8 Å². The molecule has 0 aliphatic carbocycles. The van der Waals surface area contributed by atoms with Gasteiger partial charge in [-0.2, -0.15) is 4.57 Å². The Balaban J connectivity index is 1.29. The molecular formula is C62H57N3O+2. The highest BCUT2D eigenvalue weighted by Crippen LogP contribution is 2.56. The molecule has 1 spiro atoms. The molecule has 1 atom stereocenters. The molecule has 0 amide bonds. The first kappa shape index (κ1) is 38.3. The maximum Gasteiger partial charge on any atom is 0.499 e. The summed E-state index contributed by atoms with van der Waals surface area (Å²) < 4.78 is 34.7. The number of aromatic nitrogens is 3. The van der Waals surface area contributed by atoms with Gasteiger partial charge in [0.2, 0.25) is 5.69 Å². The van der Waals surface area contributed by atoms with Gasteiger partial charge in [-0.3, -0.25) is 0 Å². The molecule has 0 saturated heterocycles. The number of hydrogen-bond acceptors (Lipinski definition) is 1. The van der Waals surface area contributed by atoms with Crippen molar-refractivity contribution in [3.05, 3.63) is 192 Å². The van der Waals surface area contributed by atoms with Crippen LogP contribution >= 0.6 is 0 Å². The van der Waals surface area contributed by atoms with Crippen molar-refractivity contribution in [3.8, 4) is 78.6 Å². The molecule has 0 N–H and O–H groups in total. The van der Waals surface area contributed by atoms with E-state index >= 15 is 0 Å². The topological polar surface area (TPSA) is 21.9 Å². The molecule has 5 heterocycles. The second kappa shape index (κ2) is 14.2. The number of nitrogens with zero attached hydrogens (tertiary/aromatic N) is 3. The first-order chi connectivity index (χ1) is 32.4. The highest BCUT2D eigenvalue weighted by molar-refractivity contribution is 5.99. The van der Waals surface area contributed by atoms with Gasteiger partial charge in [-0.1, -0.05) is 172 Å². The van der Waals surface area contributed by atoms with Crippen LogP contribution in [0.25, 0.3) is 83.9 Å². The van der Waals surface area contributed by atoms with E-state index in [9.17, 15) is 2.74 Å². The number of para-hydroxylation sites is 1. The third kappa shape index (κ3) is 5.57. The molecule has 324 valence electrons. The van der Waals surface area contributed by atoms with Gasteiger partial charge in [0.15, 0.2) is 23.0 Å². The minimum absolute atomic E-state index is 0.0115. The summed E-state index contributed by atoms with van der Waals surface area (Å²) in [4.78, 5) is 0. The van der Waals surface area contributed by atoms with E-state index in [0.29, 0.717) is 5.75 Å². The number of ether oxygens (including phenoxy) is 1. The molecule has 0 bridgehead atoms. The van der Waals surface area contributed by atoms with Gasteiger partial charge >= 0.3 is 11.7 Å². The molecule has 12 rings (SSSR count). The molecule has 0 saturated carbocycles. The molecule has 4 nitrogen and oxygen atoms in total. The van der Waals surface area contributed by atoms with Crippen LogP contribution in [-0.2, 0) is 11.3 Å². The van der Waals surface area contributed by atoms with Crippen LogP contribution in [-0.4, -0.2) is 4.57 Å². The summed E-state index contributed by atoms with van der Waals surface area (Å²) in [6, 6.07) is 59.5. The van der Waals surface area contributed by atoms with Gasteiger partial charge < -0.3 is 4.74 Å². The van der Waals surface area contributed by atoms with Crippen molar-refractivity contribution < 1.29 is 16.6 Å². The minimum Gasteiger partial charge on any atom is -0.392 e. The third-order valence-electron chi connectivity index (χ3n) is 15.3. The number of fused-ring (bicyclic) bond motifs is 5. The molecule has 2 aromatic heterocycles. The van der Waals surface area contributed by atoms with Crippen molar-refractivity contribution >= 4 is 11.0 Å². The maximum absolute atomic E-state index is 9.85. The fraction of sp³-hybridized carbons (Fsp3) is 0.226. The van der Waals surface area contributed by atoms with Crippen molar-refractivity contribution in [2.75, 3.05) is 0 Å². The van der Waals surface area contributed by atoms with Gasteiger partial charge in [-0.15, -0.1) is 9.13 Å². The lowest BCUT2D eigenvalue weighted by Crippen LogP contribution is -2.78. The molecule has 0 fully saturated rings. The quantitative estimate of drug-likeness (QED) is 0.146. The van der Waals surface area contributed by atoms with E-state index in [0.717, 1.165) is 101 Å². The Morgan fingerprint density at radius 2 is 1.21 bits per heavy atom. The molecule has 7 aromatic carbocycles. The first-order valence-corrected chi connectivity index (χ1v) is 23.4. The Labute approximate surface area is 392 Å². The van der Waals surface area contributed by atoms with Crippen LogP contribution in [0.1, 0.15) is 99.1 Å². The highest BCUT2D eigenvalue weighted by Gasteiger charge is 2.69. The molecule has 4 heteroatoms. The predicted molar refractivity (Wildman–Crippen MR) is 270 cm³/mol. The summed E-state index contributed by atoms with van der Waals surface area (Å²) >= 11 is 0. The number of rotatable bonds is 7. The summed E-state index contributed by atoms with van der Waals surface area (Å²) in [5.74, 6) is -1.67. The largest absolute Gasteiger partial charge is 0.499 e. The predicted octanol–water partition coefficient (Wildman–Crippen LogP) is 15.0. The van der Waals surface area contributed by atoms with Crippen molar-refractivity contribution in [2.24, 2.45) is 5.41 Å². The van der Waals surface area contributed by atoms with Gasteiger partial charge in [0.25, 0.3) is 0 Å². The fourth-order valence-corrected chi connectivity index (χ4v) is 10.8. The van der Waals surface area contributed by atoms with E-state index in [4.69, 9.17) is 4.74 Å². The Morgan fingerprint density at radius 3 is 1.86 bits per heavy atom. The van der Waals surface area contributed by atoms with Crippen LogP contribution in [0, 0.1) is 5.41 Å². The van der Waals surface area contributed by atoms with Crippen molar-refractivity contribution in [1.29, 1.82) is 0 Å². The maximum atomic E-state index is 9.85. The Hall–Kier alpha value is -7.04. The van der Waals surface area contributed by atoms with Gasteiger partial charge in [0, 0.05) is 31.6 Å². The zero-order valence-corrected chi connectivity index (χ0v) is 39.4. The number of benzene rings is 7. The van der Waals surface area contributed by atoms with E-state index in [2.05, 4.69) is 218 Å². The molecule has 66 heavy (non-hydrogen) atoms. The monoisotopic (exact) mass is 861 g/mol. The average molecular weight is 862 g/mol. The lowest BCUT2D eigenvalue weighted by Gasteiger charge is -2.39. The van der Waals surface area contributed by atoms with E-state index in [1.165, 1.54) is 5.56 Å². The molecule has 1 unspecified atom stereocenters. The molecule has 9 aromatic rings. The van der Waals surface area contributed by atoms with Gasteiger partial charge in [-0.25, -0.2) is 0 Å². The second-order valence-electron chi connectivity index (χ2n) is 20.6. The smallest absolute Gasteiger partial charge is 0.392 e. The fourth-order valence-electron chi connectivity index (χ4n) is 10.8. The Morgan fingerprint density at radius 1 is 0.561 bits per heavy atom. The second-order valence-corrected chi connectivity index (χ2v) is 20.6. The van der Waals surface area contributed by atoms with Crippen LogP contribution in [0.2, 0.25) is 0 Å². The lowest BCUT2D eigenvalue weighted by molar-refractivity contribution is -0.997. The van der Waals surface area contributed by atoms with Crippen molar-refractivity contribution in [2.45, 2.75) is 85.4 Å². The summed E-state index contributed by atoms with van der Waals surface area (Å²) in [5, 5.41) is 0. The summed E-state index contributed by atoms with van der Waals surface area (Å²) in [6.07, 6.45) is 2.22. The van der Waals surface area contributed by atoms with Crippen LogP contribution < -0.4 is 13.9 Å². The molecule has 3 aliphatic rings. The Kier molecular flexibility index (Phi) is 8.25. The standard InChI is InChI=1S/C62H57N3O/c1-38(2)44-32-48(39(3)4)58-52(33-44)59-64(53-29-28-46(61(8,9)60(5,6)7)37-49(53)42-24-17-12-18-25-42)54-27-19-26-47-50-34-45(41-22-15-11-16-23-41)35-51-55-36-43(40-20-13-10-14-21-40)30-31-63(55)62(66-58,56(50)51)65(59)57(47)54/h10-39H,1-9H3/q+2/i38D,39D. The lowest BCUT2D eigenvalue weighted by atomic mass is 9.65. The van der Waals surface area contributed by atoms with Crippen LogP contribution in [0.5, 0.6) is 5.75 Å². The minimum atomic E-state index is -1.23. The zero-order chi connectivity index (χ0) is 47.3. The third-order valence-corrected chi connectivity index (χ3v) is 15.3. The summed E-state index contributed by atoms with van der Waals surface area (Å²) in [5.41, 5.74) is 19.0. The van der Waals surface area contributed by atoms with Crippen LogP contribution in [0.3, 0.4) is 0 Å². The van der Waals surface area contributed by atoms with Crippen LogP contribution in [0.15, 0.2) is 170 Å². The number of imidazole rings is 1. The van der Waals surface area contributed by atoms with E-state index in [-0.39, 0.29) is 10.8 Å². The molecular weight excluding hydrogens is 803 g/mol. The normalized spacial score (nSPS) is 16.3. The van der Waals surface area contributed by atoms with Crippen molar-refractivity contribution in [1.82, 2.24) is 4.57 Å². The van der Waals surface area contributed by atoms with E-state index in [1.54, 1.807) is 0 Å². The zero-order valence-electron chi connectivity index (χ0n) is 41.4. The molecule has 0 radical (unpaired) electrons. The number of pyridine rings is 1. The van der Waals surface area contributed by atoms with E-state index in [1.807, 2.05) is 27.7 Å². The number of hydrogen-bond donors (Lipinski definition) is 0. The first-order valence-electron chi connectivity index (χ1n) is 24.4. The van der Waals surface area contributed by atoms with Gasteiger partial charge in [0.05, 0.1) is 5.56 Å². The molecule has 3 aliphatic heterocycles. The summed E-state index contributed by atoms with van der Waals surface area (Å²) in [7, 11) is 0. The van der Waals surface area contributed by atoms with Gasteiger partial charge in [-0.05, 0) is 110 Å². The Bertz CT molecular complexity index is 3550. The highest BCUT2D eigenvalue weighted by atomic mass is 16.5. The van der Waals surface area contributed by atoms with Crippen molar-refractivity contribution in [3.63, 3.8) is 0 Å². The average Bonchev–Trinajstić information content (AvgIpc) is 3.82.